The van der Waals surface area contributed by atoms with Crippen molar-refractivity contribution in [3.63, 3.8) is 0 Å². The topological polar surface area (TPSA) is 73.4 Å². The highest BCUT2D eigenvalue weighted by atomic mass is 16.2. The molecule has 30 heavy (non-hydrogen) atoms. The Morgan fingerprint density at radius 1 is 1.10 bits per heavy atom. The summed E-state index contributed by atoms with van der Waals surface area (Å²) in [4.78, 5) is 19.0. The highest BCUT2D eigenvalue weighted by Gasteiger charge is 2.30. The van der Waals surface area contributed by atoms with Crippen LogP contribution in [0.5, 0.6) is 0 Å². The minimum Gasteiger partial charge on any atom is -0.309 e. The quantitative estimate of drug-likeness (QED) is 0.701. The van der Waals surface area contributed by atoms with Crippen LogP contribution in [0, 0.1) is 23.2 Å². The molecule has 1 aromatic carbocycles. The summed E-state index contributed by atoms with van der Waals surface area (Å²) in [6.07, 6.45) is 5.80. The van der Waals surface area contributed by atoms with Crippen molar-refractivity contribution in [2.75, 3.05) is 18.4 Å². The number of amides is 1. The molecule has 6 nitrogen and oxygen atoms in total. The number of aromatic nitrogens is 2. The van der Waals surface area contributed by atoms with Crippen LogP contribution in [0.15, 0.2) is 48.7 Å². The van der Waals surface area contributed by atoms with Gasteiger partial charge in [-0.3, -0.25) is 14.1 Å². The van der Waals surface area contributed by atoms with E-state index in [1.807, 2.05) is 22.7 Å². The van der Waals surface area contributed by atoms with Crippen LogP contribution in [-0.2, 0) is 11.3 Å². The zero-order valence-corrected chi connectivity index (χ0v) is 16.9. The second-order valence-electron chi connectivity index (χ2n) is 8.41. The second kappa shape index (κ2) is 7.92. The number of nitriles is 1. The van der Waals surface area contributed by atoms with Gasteiger partial charge in [0.25, 0.3) is 0 Å². The summed E-state index contributed by atoms with van der Waals surface area (Å²) in [5.74, 6) is 1.06. The Morgan fingerprint density at radius 2 is 1.87 bits per heavy atom. The van der Waals surface area contributed by atoms with Gasteiger partial charge in [0.1, 0.15) is 5.65 Å². The van der Waals surface area contributed by atoms with Crippen molar-refractivity contribution < 1.29 is 4.79 Å². The van der Waals surface area contributed by atoms with Gasteiger partial charge < -0.3 is 5.32 Å². The minimum absolute atomic E-state index is 0.0723. The van der Waals surface area contributed by atoms with Gasteiger partial charge in [-0.15, -0.1) is 0 Å². The Kier molecular flexibility index (Phi) is 4.97. The van der Waals surface area contributed by atoms with E-state index in [4.69, 9.17) is 5.26 Å². The van der Waals surface area contributed by atoms with Gasteiger partial charge in [0.2, 0.25) is 5.91 Å². The first-order valence-electron chi connectivity index (χ1n) is 10.7. The van der Waals surface area contributed by atoms with Crippen LogP contribution in [0.2, 0.25) is 0 Å². The van der Waals surface area contributed by atoms with Gasteiger partial charge in [0.05, 0.1) is 18.0 Å². The van der Waals surface area contributed by atoms with Crippen molar-refractivity contribution in [1.29, 1.82) is 5.26 Å². The lowest BCUT2D eigenvalue weighted by atomic mass is 9.98. The number of fused-ring (bicyclic) bond motifs is 1. The molecular weight excluding hydrogens is 374 g/mol. The lowest BCUT2D eigenvalue weighted by molar-refractivity contribution is -0.117. The van der Waals surface area contributed by atoms with Crippen molar-refractivity contribution in [3.8, 4) is 17.3 Å². The first-order chi connectivity index (χ1) is 14.7. The average Bonchev–Trinajstić information content (AvgIpc) is 3.55. The highest BCUT2D eigenvalue weighted by molar-refractivity contribution is 5.93. The highest BCUT2D eigenvalue weighted by Crippen LogP contribution is 2.30. The van der Waals surface area contributed by atoms with E-state index in [1.165, 1.54) is 5.56 Å². The number of nitrogens with zero attached hydrogens (tertiary/aromatic N) is 4. The van der Waals surface area contributed by atoms with E-state index in [-0.39, 0.29) is 17.7 Å². The van der Waals surface area contributed by atoms with E-state index in [0.717, 1.165) is 62.2 Å². The molecule has 1 aliphatic carbocycles. The van der Waals surface area contributed by atoms with Gasteiger partial charge in [0, 0.05) is 18.4 Å². The number of pyridine rings is 1. The normalized spacial score (nSPS) is 17.7. The lowest BCUT2D eigenvalue weighted by Gasteiger charge is -2.29. The Bertz CT molecular complexity index is 1100. The maximum Gasteiger partial charge on any atom is 0.228 e. The number of carbonyl (C=O) groups is 1. The van der Waals surface area contributed by atoms with Crippen LogP contribution >= 0.6 is 0 Å². The number of anilines is 1. The molecule has 1 amide bonds. The number of hydrogen-bond donors (Lipinski definition) is 1. The van der Waals surface area contributed by atoms with Crippen LogP contribution in [0.3, 0.4) is 0 Å². The van der Waals surface area contributed by atoms with Crippen molar-refractivity contribution in [3.05, 3.63) is 54.2 Å². The van der Waals surface area contributed by atoms with Crippen molar-refractivity contribution >= 4 is 17.4 Å². The maximum atomic E-state index is 12.1. The molecule has 1 saturated heterocycles. The zero-order chi connectivity index (χ0) is 20.5. The van der Waals surface area contributed by atoms with Gasteiger partial charge >= 0.3 is 0 Å². The van der Waals surface area contributed by atoms with E-state index >= 15 is 0 Å². The van der Waals surface area contributed by atoms with E-state index in [2.05, 4.69) is 51.6 Å². The summed E-state index contributed by atoms with van der Waals surface area (Å²) in [5.41, 5.74) is 4.27. The molecule has 0 unspecified atom stereocenters. The van der Waals surface area contributed by atoms with Gasteiger partial charge in [-0.2, -0.15) is 5.26 Å². The number of likely N-dealkylation sites (tertiary alicyclic amines) is 1. The number of rotatable bonds is 5. The fourth-order valence-corrected chi connectivity index (χ4v) is 4.14. The number of benzene rings is 1. The van der Waals surface area contributed by atoms with Crippen molar-refractivity contribution in [2.24, 2.45) is 11.8 Å². The fourth-order valence-electron chi connectivity index (χ4n) is 4.14. The summed E-state index contributed by atoms with van der Waals surface area (Å²) in [6.45, 7) is 2.90. The molecular formula is C24H25N5O. The van der Waals surface area contributed by atoms with Gasteiger partial charge in [0.15, 0.2) is 5.82 Å². The second-order valence-corrected chi connectivity index (χ2v) is 8.41. The standard InChI is InChI=1S/C24H25N5O/c25-14-17-10-12-28(13-11-17)15-18-4-6-19(7-5-18)21-2-1-3-23-26-22(16-29(21)23)27-24(30)20-8-9-20/h1-7,16-17,20H,8-13,15H2,(H,27,30). The van der Waals surface area contributed by atoms with E-state index in [0.29, 0.717) is 5.82 Å². The predicted molar refractivity (Wildman–Crippen MR) is 116 cm³/mol. The van der Waals surface area contributed by atoms with E-state index in [9.17, 15) is 4.79 Å². The molecule has 5 rings (SSSR count). The predicted octanol–water partition coefficient (Wildman–Crippen LogP) is 4.09. The van der Waals surface area contributed by atoms with Crippen LogP contribution in [-0.4, -0.2) is 33.3 Å². The Morgan fingerprint density at radius 3 is 2.57 bits per heavy atom. The maximum absolute atomic E-state index is 12.1. The first kappa shape index (κ1) is 18.8. The summed E-state index contributed by atoms with van der Waals surface area (Å²) in [6, 6.07) is 17.1. The number of imidazole rings is 1. The molecule has 152 valence electrons. The van der Waals surface area contributed by atoms with Gasteiger partial charge in [-0.1, -0.05) is 30.3 Å². The summed E-state index contributed by atoms with van der Waals surface area (Å²) >= 11 is 0. The molecule has 0 radical (unpaired) electrons. The fraction of sp³-hybridized carbons (Fsp3) is 0.375. The third-order valence-electron chi connectivity index (χ3n) is 6.12. The smallest absolute Gasteiger partial charge is 0.228 e. The average molecular weight is 399 g/mol. The van der Waals surface area contributed by atoms with Gasteiger partial charge in [-0.05, 0) is 62.0 Å². The number of carbonyl (C=O) groups excluding carboxylic acids is 1. The molecule has 1 aliphatic heterocycles. The molecule has 0 spiro atoms. The molecule has 0 atom stereocenters. The van der Waals surface area contributed by atoms with Gasteiger partial charge in [-0.25, -0.2) is 4.98 Å². The SMILES string of the molecule is N#CC1CCN(Cc2ccc(-c3cccc4nc(NC(=O)C5CC5)cn34)cc2)CC1. The molecule has 2 aliphatic rings. The molecule has 2 aromatic heterocycles. The Hall–Kier alpha value is -3.17. The summed E-state index contributed by atoms with van der Waals surface area (Å²) in [7, 11) is 0. The largest absolute Gasteiger partial charge is 0.309 e. The van der Waals surface area contributed by atoms with Crippen LogP contribution < -0.4 is 5.32 Å². The molecule has 6 heteroatoms. The molecule has 1 N–H and O–H groups in total. The Balaban J connectivity index is 1.32. The molecule has 2 fully saturated rings. The minimum atomic E-state index is 0.0723. The third-order valence-corrected chi connectivity index (χ3v) is 6.12. The molecule has 3 heterocycles. The van der Waals surface area contributed by atoms with Crippen molar-refractivity contribution in [1.82, 2.24) is 14.3 Å². The zero-order valence-electron chi connectivity index (χ0n) is 16.9. The number of piperidine rings is 1. The number of hydrogen-bond acceptors (Lipinski definition) is 4. The molecule has 0 bridgehead atoms. The monoisotopic (exact) mass is 399 g/mol. The molecule has 1 saturated carbocycles. The first-order valence-corrected chi connectivity index (χ1v) is 10.7. The van der Waals surface area contributed by atoms with Crippen molar-refractivity contribution in [2.45, 2.75) is 32.2 Å². The summed E-state index contributed by atoms with van der Waals surface area (Å²) in [5, 5.41) is 12.0. The van der Waals surface area contributed by atoms with Crippen LogP contribution in [0.1, 0.15) is 31.2 Å². The lowest BCUT2D eigenvalue weighted by Crippen LogP contribution is -2.32. The number of nitrogens with one attached hydrogen (secondary N) is 1. The molecule has 3 aromatic rings. The Labute approximate surface area is 176 Å². The third kappa shape index (κ3) is 3.94. The van der Waals surface area contributed by atoms with E-state index in [1.54, 1.807) is 0 Å². The van der Waals surface area contributed by atoms with Crippen LogP contribution in [0.4, 0.5) is 5.82 Å². The summed E-state index contributed by atoms with van der Waals surface area (Å²) < 4.78 is 2.03. The van der Waals surface area contributed by atoms with E-state index < -0.39 is 0 Å². The van der Waals surface area contributed by atoms with Crippen LogP contribution in [0.25, 0.3) is 16.9 Å².